The van der Waals surface area contributed by atoms with Crippen LogP contribution in [0.25, 0.3) is 0 Å². The minimum atomic E-state index is -4.07. The Kier molecular flexibility index (Phi) is 3.77. The highest BCUT2D eigenvalue weighted by Crippen LogP contribution is 2.34. The van der Waals surface area contributed by atoms with Crippen molar-refractivity contribution in [1.29, 1.82) is 0 Å². The lowest BCUT2D eigenvalue weighted by Gasteiger charge is -2.19. The van der Waals surface area contributed by atoms with Crippen molar-refractivity contribution >= 4 is 21.5 Å². The van der Waals surface area contributed by atoms with E-state index in [4.69, 9.17) is 0 Å². The lowest BCUT2D eigenvalue weighted by Crippen LogP contribution is -2.29. The Balaban J connectivity index is 1.89. The summed E-state index contributed by atoms with van der Waals surface area (Å²) in [7, 11) is -2.04. The number of hydrogen-bond acceptors (Lipinski definition) is 5. The van der Waals surface area contributed by atoms with Crippen LogP contribution in [0.4, 0.5) is 11.4 Å². The first-order chi connectivity index (χ1) is 8.47. The lowest BCUT2D eigenvalue weighted by atomic mass is 10.2. The van der Waals surface area contributed by atoms with Crippen molar-refractivity contribution in [3.8, 4) is 0 Å². The number of unbranched alkanes of at least 4 members (excludes halogenated alkanes) is 1. The first-order valence-electron chi connectivity index (χ1n) is 5.96. The molecule has 1 aliphatic heterocycles. The van der Waals surface area contributed by atoms with E-state index in [0.29, 0.717) is 12.8 Å². The normalized spacial score (nSPS) is 15.0. The second-order valence-electron chi connectivity index (χ2n) is 4.56. The van der Waals surface area contributed by atoms with Crippen LogP contribution in [0.2, 0.25) is 0 Å². The van der Waals surface area contributed by atoms with Crippen molar-refractivity contribution < 1.29 is 13.0 Å². The van der Waals surface area contributed by atoms with E-state index >= 15 is 0 Å². The van der Waals surface area contributed by atoms with Gasteiger partial charge in [0.25, 0.3) is 0 Å². The molecule has 0 bridgehead atoms. The summed E-state index contributed by atoms with van der Waals surface area (Å²) in [5.41, 5.74) is 2.36. The predicted molar refractivity (Wildman–Crippen MR) is 70.9 cm³/mol. The van der Waals surface area contributed by atoms with Crippen LogP contribution in [-0.2, 0) is 10.1 Å². The van der Waals surface area contributed by atoms with Crippen molar-refractivity contribution in [2.24, 2.45) is 0 Å². The second-order valence-corrected chi connectivity index (χ2v) is 6.08. The highest BCUT2D eigenvalue weighted by Gasteiger charge is 2.21. The minimum absolute atomic E-state index is 0.266. The Bertz CT molecular complexity index is 516. The van der Waals surface area contributed by atoms with Crippen molar-refractivity contribution in [1.82, 2.24) is 0 Å². The van der Waals surface area contributed by atoms with Crippen LogP contribution in [0.15, 0.2) is 24.3 Å². The van der Waals surface area contributed by atoms with Gasteiger partial charge in [0.2, 0.25) is 0 Å². The van der Waals surface area contributed by atoms with E-state index < -0.39 is 10.1 Å². The maximum atomic E-state index is 10.5. The number of fused-ring (bicyclic) bond motifs is 1. The highest BCUT2D eigenvalue weighted by molar-refractivity contribution is 7.85. The molecule has 5 nitrogen and oxygen atoms in total. The number of nitrogens with zero attached hydrogens (tertiary/aromatic N) is 2. The van der Waals surface area contributed by atoms with Crippen LogP contribution < -0.4 is 9.80 Å². The molecule has 0 fully saturated rings. The topological polar surface area (TPSA) is 63.7 Å². The van der Waals surface area contributed by atoms with E-state index in [2.05, 4.69) is 21.9 Å². The average Bonchev–Trinajstić information content (AvgIpc) is 2.62. The Labute approximate surface area is 108 Å². The van der Waals surface area contributed by atoms with Crippen molar-refractivity contribution in [3.05, 3.63) is 24.3 Å². The van der Waals surface area contributed by atoms with Gasteiger partial charge in [-0.2, -0.15) is 0 Å². The van der Waals surface area contributed by atoms with Gasteiger partial charge in [0.15, 0.2) is 0 Å². The van der Waals surface area contributed by atoms with E-state index in [1.54, 1.807) is 0 Å². The molecule has 0 spiro atoms. The molecule has 0 saturated carbocycles. The third-order valence-corrected chi connectivity index (χ3v) is 3.88. The molecule has 0 aromatic heterocycles. The summed E-state index contributed by atoms with van der Waals surface area (Å²) in [5.74, 6) is -0.266. The monoisotopic (exact) mass is 269 g/mol. The molecule has 100 valence electrons. The van der Waals surface area contributed by atoms with Gasteiger partial charge in [-0.05, 0) is 25.0 Å². The molecule has 0 atom stereocenters. The molecule has 0 unspecified atom stereocenters. The third kappa shape index (κ3) is 3.14. The van der Waals surface area contributed by atoms with Gasteiger partial charge in [-0.1, -0.05) is 12.1 Å². The SMILES string of the molecule is CN1CN(CCCCS(=O)(=O)[O-])c2ccccc21. The standard InChI is InChI=1S/C12H18N2O3S/c1-13-10-14(8-4-5-9-18(15,16)17)12-7-3-2-6-11(12)13/h2-3,6-7H,4-5,8-10H2,1H3,(H,15,16,17)/p-1. The van der Waals surface area contributed by atoms with E-state index in [1.807, 2.05) is 19.2 Å². The fourth-order valence-electron chi connectivity index (χ4n) is 2.24. The molecule has 6 heteroatoms. The van der Waals surface area contributed by atoms with Crippen molar-refractivity contribution in [2.45, 2.75) is 12.8 Å². The summed E-state index contributed by atoms with van der Waals surface area (Å²) in [6, 6.07) is 8.12. The van der Waals surface area contributed by atoms with Gasteiger partial charge >= 0.3 is 0 Å². The molecule has 0 amide bonds. The third-order valence-electron chi connectivity index (χ3n) is 3.09. The average molecular weight is 269 g/mol. The zero-order valence-electron chi connectivity index (χ0n) is 10.4. The Hall–Kier alpha value is -1.27. The number of benzene rings is 1. The predicted octanol–water partition coefficient (Wildman–Crippen LogP) is 1.23. The van der Waals surface area contributed by atoms with Crippen LogP contribution in [0.3, 0.4) is 0 Å². The molecular weight excluding hydrogens is 252 g/mol. The highest BCUT2D eigenvalue weighted by atomic mass is 32.2. The second kappa shape index (κ2) is 5.16. The van der Waals surface area contributed by atoms with Crippen LogP contribution >= 0.6 is 0 Å². The van der Waals surface area contributed by atoms with Gasteiger partial charge in [0.05, 0.1) is 28.2 Å². The van der Waals surface area contributed by atoms with E-state index in [9.17, 15) is 13.0 Å². The van der Waals surface area contributed by atoms with Gasteiger partial charge in [-0.15, -0.1) is 0 Å². The molecule has 0 aliphatic carbocycles. The molecule has 0 radical (unpaired) electrons. The molecule has 1 aliphatic rings. The fourth-order valence-corrected chi connectivity index (χ4v) is 2.79. The van der Waals surface area contributed by atoms with Crippen molar-refractivity contribution in [2.75, 3.05) is 35.8 Å². The Morgan fingerprint density at radius 1 is 1.22 bits per heavy atom. The van der Waals surface area contributed by atoms with Crippen LogP contribution in [-0.4, -0.2) is 39.0 Å². The molecule has 18 heavy (non-hydrogen) atoms. The number of rotatable bonds is 5. The van der Waals surface area contributed by atoms with Gasteiger partial charge in [-0.25, -0.2) is 8.42 Å². The molecule has 0 N–H and O–H groups in total. The molecule has 2 rings (SSSR count). The number of hydrogen-bond donors (Lipinski definition) is 0. The van der Waals surface area contributed by atoms with E-state index in [0.717, 1.165) is 13.2 Å². The summed E-state index contributed by atoms with van der Waals surface area (Å²) >= 11 is 0. The summed E-state index contributed by atoms with van der Waals surface area (Å²) < 4.78 is 31.5. The van der Waals surface area contributed by atoms with Crippen LogP contribution in [0, 0.1) is 0 Å². The molecular formula is C12H17N2O3S-. The number of para-hydroxylation sites is 2. The van der Waals surface area contributed by atoms with Gasteiger partial charge < -0.3 is 14.4 Å². The Morgan fingerprint density at radius 3 is 2.56 bits per heavy atom. The van der Waals surface area contributed by atoms with E-state index in [1.165, 1.54) is 11.4 Å². The van der Waals surface area contributed by atoms with E-state index in [-0.39, 0.29) is 5.75 Å². The zero-order valence-corrected chi connectivity index (χ0v) is 11.2. The smallest absolute Gasteiger partial charge is 0.0945 e. The van der Waals surface area contributed by atoms with Crippen molar-refractivity contribution in [3.63, 3.8) is 0 Å². The first kappa shape index (κ1) is 13.2. The lowest BCUT2D eigenvalue weighted by molar-refractivity contribution is 0.460. The minimum Gasteiger partial charge on any atom is -0.748 e. The van der Waals surface area contributed by atoms with Crippen LogP contribution in [0.5, 0.6) is 0 Å². The largest absolute Gasteiger partial charge is 0.748 e. The summed E-state index contributed by atoms with van der Waals surface area (Å²) in [4.78, 5) is 4.35. The molecule has 1 aromatic carbocycles. The van der Waals surface area contributed by atoms with Gasteiger partial charge in [0, 0.05) is 19.3 Å². The summed E-state index contributed by atoms with van der Waals surface area (Å²) in [6.45, 7) is 1.58. The summed E-state index contributed by atoms with van der Waals surface area (Å²) in [6.07, 6.45) is 1.14. The first-order valence-corrected chi connectivity index (χ1v) is 7.54. The van der Waals surface area contributed by atoms with Gasteiger partial charge in [-0.3, -0.25) is 0 Å². The van der Waals surface area contributed by atoms with Gasteiger partial charge in [0.1, 0.15) is 0 Å². The zero-order chi connectivity index (χ0) is 13.2. The molecule has 1 aromatic rings. The fraction of sp³-hybridized carbons (Fsp3) is 0.500. The quantitative estimate of drug-likeness (QED) is 0.594. The van der Waals surface area contributed by atoms with Crippen LogP contribution in [0.1, 0.15) is 12.8 Å². The molecule has 0 saturated heterocycles. The maximum absolute atomic E-state index is 10.5. The summed E-state index contributed by atoms with van der Waals surface area (Å²) in [5, 5.41) is 0. The number of anilines is 2. The Morgan fingerprint density at radius 2 is 1.89 bits per heavy atom. The maximum Gasteiger partial charge on any atom is 0.0945 e. The molecule has 1 heterocycles.